The molecule has 0 radical (unpaired) electrons. The highest BCUT2D eigenvalue weighted by Gasteiger charge is 2.06. The molecular formula is C9H12OS2. The molecule has 3 heteroatoms. The van der Waals surface area contributed by atoms with Crippen molar-refractivity contribution in [3.05, 3.63) is 21.9 Å². The Bertz CT molecular complexity index is 222. The highest BCUT2D eigenvalue weighted by Crippen LogP contribution is 2.23. The maximum Gasteiger partial charge on any atom is 0.0556 e. The molecule has 1 aliphatic rings. The van der Waals surface area contributed by atoms with E-state index >= 15 is 0 Å². The molecule has 0 amide bonds. The third-order valence-corrected chi connectivity index (χ3v) is 3.93. The molecule has 66 valence electrons. The molecule has 12 heavy (non-hydrogen) atoms. The molecule has 0 bridgehead atoms. The first-order chi connectivity index (χ1) is 5.97. The number of rotatable bonds is 0. The molecule has 2 rings (SSSR count). The average molecular weight is 200 g/mol. The normalized spacial score (nSPS) is 19.0. The van der Waals surface area contributed by atoms with Gasteiger partial charge >= 0.3 is 0 Å². The van der Waals surface area contributed by atoms with E-state index in [9.17, 15) is 0 Å². The third-order valence-electron chi connectivity index (χ3n) is 1.94. The average Bonchev–Trinajstić information content (AvgIpc) is 2.50. The van der Waals surface area contributed by atoms with Crippen LogP contribution in [-0.2, 0) is 16.9 Å². The van der Waals surface area contributed by atoms with Gasteiger partial charge in [0.05, 0.1) is 13.2 Å². The molecule has 0 spiro atoms. The molecule has 0 saturated carbocycles. The van der Waals surface area contributed by atoms with Crippen molar-refractivity contribution in [1.29, 1.82) is 0 Å². The quantitative estimate of drug-likeness (QED) is 0.636. The monoisotopic (exact) mass is 200 g/mol. The Hall–Kier alpha value is 0.01000. The van der Waals surface area contributed by atoms with Gasteiger partial charge in [0.25, 0.3) is 0 Å². The highest BCUT2D eigenvalue weighted by atomic mass is 32.2. The number of thiophene rings is 1. The zero-order valence-electron chi connectivity index (χ0n) is 6.91. The van der Waals surface area contributed by atoms with Crippen LogP contribution in [0.25, 0.3) is 0 Å². The molecule has 2 heterocycles. The fraction of sp³-hybridized carbons (Fsp3) is 0.556. The summed E-state index contributed by atoms with van der Waals surface area (Å²) in [6.45, 7) is 1.81. The van der Waals surface area contributed by atoms with Gasteiger partial charge in [0, 0.05) is 22.8 Å². The molecule has 0 saturated heterocycles. The molecule has 0 atom stereocenters. The standard InChI is InChI=1S/C9H12OS2/c1-3-10-4-6-11-7-8-2-5-12-9(1)8/h2,5H,1,3-4,6-7H2. The summed E-state index contributed by atoms with van der Waals surface area (Å²) in [5.74, 6) is 2.30. The van der Waals surface area contributed by atoms with Crippen LogP contribution in [0.3, 0.4) is 0 Å². The second kappa shape index (κ2) is 4.30. The van der Waals surface area contributed by atoms with E-state index in [-0.39, 0.29) is 0 Å². The summed E-state index contributed by atoms with van der Waals surface area (Å²) in [4.78, 5) is 1.52. The van der Waals surface area contributed by atoms with Gasteiger partial charge in [0.1, 0.15) is 0 Å². The van der Waals surface area contributed by atoms with Crippen LogP contribution in [0, 0.1) is 0 Å². The fourth-order valence-electron chi connectivity index (χ4n) is 1.28. The summed E-state index contributed by atoms with van der Waals surface area (Å²) in [6.07, 6.45) is 1.10. The minimum absolute atomic E-state index is 0.897. The van der Waals surface area contributed by atoms with E-state index in [1.165, 1.54) is 16.2 Å². The van der Waals surface area contributed by atoms with Gasteiger partial charge in [0.15, 0.2) is 0 Å². The molecule has 0 N–H and O–H groups in total. The van der Waals surface area contributed by atoms with Gasteiger partial charge in [-0.25, -0.2) is 0 Å². The Balaban J connectivity index is 2.10. The lowest BCUT2D eigenvalue weighted by Gasteiger charge is -1.98. The van der Waals surface area contributed by atoms with Crippen molar-refractivity contribution < 1.29 is 4.74 Å². The zero-order valence-corrected chi connectivity index (χ0v) is 8.55. The van der Waals surface area contributed by atoms with Crippen molar-refractivity contribution in [3.8, 4) is 0 Å². The summed E-state index contributed by atoms with van der Waals surface area (Å²) in [7, 11) is 0. The van der Waals surface area contributed by atoms with Gasteiger partial charge in [-0.1, -0.05) is 0 Å². The minimum atomic E-state index is 0.897. The smallest absolute Gasteiger partial charge is 0.0556 e. The van der Waals surface area contributed by atoms with E-state index in [0.29, 0.717) is 0 Å². The number of hydrogen-bond acceptors (Lipinski definition) is 3. The molecule has 1 nitrogen and oxygen atoms in total. The van der Waals surface area contributed by atoms with E-state index in [1.807, 2.05) is 23.1 Å². The van der Waals surface area contributed by atoms with Crippen molar-refractivity contribution in [2.24, 2.45) is 0 Å². The van der Waals surface area contributed by atoms with Gasteiger partial charge in [-0.05, 0) is 17.0 Å². The van der Waals surface area contributed by atoms with Crippen molar-refractivity contribution in [1.82, 2.24) is 0 Å². The van der Waals surface area contributed by atoms with Crippen molar-refractivity contribution in [3.63, 3.8) is 0 Å². The van der Waals surface area contributed by atoms with E-state index in [4.69, 9.17) is 4.74 Å². The maximum atomic E-state index is 5.47. The Morgan fingerprint density at radius 1 is 1.33 bits per heavy atom. The predicted molar refractivity (Wildman–Crippen MR) is 55.0 cm³/mol. The third kappa shape index (κ3) is 2.03. The summed E-state index contributed by atoms with van der Waals surface area (Å²) in [5, 5.41) is 2.19. The SMILES string of the molecule is c1cc2c(s1)CCOCCSC2. The zero-order chi connectivity index (χ0) is 8.23. The van der Waals surface area contributed by atoms with E-state index in [0.717, 1.165) is 25.4 Å². The first-order valence-electron chi connectivity index (χ1n) is 4.17. The van der Waals surface area contributed by atoms with Crippen LogP contribution in [0.5, 0.6) is 0 Å². The summed E-state index contributed by atoms with van der Waals surface area (Å²) in [6, 6.07) is 2.25. The van der Waals surface area contributed by atoms with Crippen LogP contribution in [0.2, 0.25) is 0 Å². The Kier molecular flexibility index (Phi) is 3.08. The molecule has 0 aromatic carbocycles. The largest absolute Gasteiger partial charge is 0.380 e. The lowest BCUT2D eigenvalue weighted by atomic mass is 10.2. The van der Waals surface area contributed by atoms with E-state index in [1.54, 1.807) is 0 Å². The first kappa shape index (κ1) is 8.60. The van der Waals surface area contributed by atoms with Gasteiger partial charge in [0.2, 0.25) is 0 Å². The molecule has 0 aliphatic carbocycles. The summed E-state index contributed by atoms with van der Waals surface area (Å²) < 4.78 is 5.47. The van der Waals surface area contributed by atoms with Crippen LogP contribution in [0.1, 0.15) is 10.4 Å². The van der Waals surface area contributed by atoms with Crippen LogP contribution in [-0.4, -0.2) is 19.0 Å². The lowest BCUT2D eigenvalue weighted by Crippen LogP contribution is -1.99. The van der Waals surface area contributed by atoms with E-state index < -0.39 is 0 Å². The van der Waals surface area contributed by atoms with Gasteiger partial charge < -0.3 is 4.74 Å². The van der Waals surface area contributed by atoms with Crippen LogP contribution >= 0.6 is 23.1 Å². The van der Waals surface area contributed by atoms with Gasteiger partial charge in [-0.3, -0.25) is 0 Å². The Morgan fingerprint density at radius 2 is 2.33 bits per heavy atom. The minimum Gasteiger partial charge on any atom is -0.380 e. The molecule has 1 aromatic rings. The first-order valence-corrected chi connectivity index (χ1v) is 6.21. The highest BCUT2D eigenvalue weighted by molar-refractivity contribution is 7.98. The molecule has 1 aliphatic heterocycles. The molecule has 1 aromatic heterocycles. The van der Waals surface area contributed by atoms with E-state index in [2.05, 4.69) is 11.4 Å². The van der Waals surface area contributed by atoms with Crippen molar-refractivity contribution in [2.45, 2.75) is 12.2 Å². The number of fused-ring (bicyclic) bond motifs is 1. The van der Waals surface area contributed by atoms with Crippen LogP contribution in [0.15, 0.2) is 11.4 Å². The number of thioether (sulfide) groups is 1. The van der Waals surface area contributed by atoms with Crippen molar-refractivity contribution in [2.75, 3.05) is 19.0 Å². The summed E-state index contributed by atoms with van der Waals surface area (Å²) in [5.41, 5.74) is 1.52. The molecule has 0 unspecified atom stereocenters. The number of hydrogen-bond donors (Lipinski definition) is 0. The van der Waals surface area contributed by atoms with Crippen LogP contribution in [0.4, 0.5) is 0 Å². The predicted octanol–water partition coefficient (Wildman–Crippen LogP) is 2.55. The topological polar surface area (TPSA) is 9.23 Å². The maximum absolute atomic E-state index is 5.47. The second-order valence-corrected chi connectivity index (χ2v) is 4.89. The van der Waals surface area contributed by atoms with Crippen molar-refractivity contribution >= 4 is 23.1 Å². The van der Waals surface area contributed by atoms with Gasteiger partial charge in [-0.15, -0.1) is 11.3 Å². The van der Waals surface area contributed by atoms with Gasteiger partial charge in [-0.2, -0.15) is 11.8 Å². The summed E-state index contributed by atoms with van der Waals surface area (Å²) >= 11 is 3.84. The Morgan fingerprint density at radius 3 is 3.33 bits per heavy atom. The second-order valence-electron chi connectivity index (χ2n) is 2.78. The molecular weight excluding hydrogens is 188 g/mol. The number of ether oxygens (including phenoxy) is 1. The van der Waals surface area contributed by atoms with Crippen LogP contribution < -0.4 is 0 Å². The lowest BCUT2D eigenvalue weighted by molar-refractivity contribution is 0.154. The fourth-order valence-corrected chi connectivity index (χ4v) is 3.13. The molecule has 0 fully saturated rings. The Labute approximate surface area is 81.1 Å².